The SMILES string of the molecule is C[O][Ti]([Cl])([Cl])([c]1ccccc1C1C=Cc2ccccc21)[C](C)(C)C. The Morgan fingerprint density at radius 1 is 0.917 bits per heavy atom. The molecule has 0 N–H and O–H groups in total. The Bertz CT molecular complexity index is 805. The average molecular weight is 398 g/mol. The van der Waals surface area contributed by atoms with E-state index in [1.54, 1.807) is 7.11 Å². The first-order valence-electron chi connectivity index (χ1n) is 8.18. The Hall–Kier alpha value is -0.566. The van der Waals surface area contributed by atoms with Gasteiger partial charge in [0.2, 0.25) is 0 Å². The molecule has 1 aliphatic carbocycles. The first kappa shape index (κ1) is 18.2. The van der Waals surface area contributed by atoms with Crippen molar-refractivity contribution in [3.05, 3.63) is 71.3 Å². The van der Waals surface area contributed by atoms with E-state index in [-0.39, 0.29) is 9.64 Å². The third-order valence-electron chi connectivity index (χ3n) is 5.15. The van der Waals surface area contributed by atoms with Crippen molar-refractivity contribution in [2.75, 3.05) is 7.11 Å². The second kappa shape index (κ2) is 6.00. The van der Waals surface area contributed by atoms with Crippen molar-refractivity contribution in [3.8, 4) is 0 Å². The molecule has 4 heteroatoms. The molecule has 0 radical (unpaired) electrons. The van der Waals surface area contributed by atoms with Crippen LogP contribution in [0.3, 0.4) is 0 Å². The molecule has 2 aromatic carbocycles. The first-order chi connectivity index (χ1) is 11.2. The normalized spacial score (nSPS) is 18.9. The predicted octanol–water partition coefficient (Wildman–Crippen LogP) is 6.25. The van der Waals surface area contributed by atoms with Gasteiger partial charge in [-0.1, -0.05) is 0 Å². The molecule has 0 aliphatic heterocycles. The molecule has 0 aromatic heterocycles. The summed E-state index contributed by atoms with van der Waals surface area (Å²) in [5.41, 5.74) is 3.69. The molecule has 0 saturated carbocycles. The van der Waals surface area contributed by atoms with Gasteiger partial charge in [0, 0.05) is 0 Å². The van der Waals surface area contributed by atoms with Crippen LogP contribution in [0.15, 0.2) is 54.6 Å². The second-order valence-corrected chi connectivity index (χ2v) is 20.9. The molecular weight excluding hydrogens is 375 g/mol. The van der Waals surface area contributed by atoms with Gasteiger partial charge in [0.05, 0.1) is 0 Å². The maximum atomic E-state index is 7.20. The second-order valence-electron chi connectivity index (χ2n) is 7.44. The van der Waals surface area contributed by atoms with E-state index < -0.39 is 13.6 Å². The Kier molecular flexibility index (Phi) is 4.56. The van der Waals surface area contributed by atoms with Crippen LogP contribution in [-0.2, 0) is 16.9 Å². The molecule has 2 aromatic rings. The van der Waals surface area contributed by atoms with Gasteiger partial charge in [-0.2, -0.15) is 0 Å². The van der Waals surface area contributed by atoms with Gasteiger partial charge in [-0.3, -0.25) is 0 Å². The van der Waals surface area contributed by atoms with Gasteiger partial charge in [-0.25, -0.2) is 0 Å². The van der Waals surface area contributed by atoms with E-state index in [2.05, 4.69) is 69.3 Å². The summed E-state index contributed by atoms with van der Waals surface area (Å²) in [5, 5.41) is 0. The number of rotatable bonds is 3. The van der Waals surface area contributed by atoms with Crippen molar-refractivity contribution in [2.24, 2.45) is 0 Å². The monoisotopic (exact) mass is 397 g/mol. The first-order valence-corrected chi connectivity index (χ1v) is 14.7. The Morgan fingerprint density at radius 3 is 2.12 bits per heavy atom. The number of hydrogen-bond acceptors (Lipinski definition) is 1. The van der Waals surface area contributed by atoms with Gasteiger partial charge in [0.25, 0.3) is 0 Å². The van der Waals surface area contributed by atoms with E-state index in [1.807, 2.05) is 12.1 Å². The zero-order valence-electron chi connectivity index (χ0n) is 14.5. The van der Waals surface area contributed by atoms with Crippen LogP contribution in [0.2, 0.25) is 3.72 Å². The summed E-state index contributed by atoms with van der Waals surface area (Å²) in [5.74, 6) is 0.162. The van der Waals surface area contributed by atoms with Crippen molar-refractivity contribution >= 4 is 28.6 Å². The molecule has 0 amide bonds. The molecule has 1 unspecified atom stereocenters. The van der Waals surface area contributed by atoms with Gasteiger partial charge < -0.3 is 0 Å². The average Bonchev–Trinajstić information content (AvgIpc) is 2.98. The van der Waals surface area contributed by atoms with Gasteiger partial charge in [-0.05, 0) is 0 Å². The van der Waals surface area contributed by atoms with Crippen LogP contribution in [0, 0.1) is 0 Å². The number of allylic oxidation sites excluding steroid dienone is 1. The summed E-state index contributed by atoms with van der Waals surface area (Å²) >= 11 is -4.44. The molecule has 0 bridgehead atoms. The topological polar surface area (TPSA) is 9.23 Å². The number of fused-ring (bicyclic) bond motifs is 1. The molecule has 3 rings (SSSR count). The summed E-state index contributed by atoms with van der Waals surface area (Å²) in [6.45, 7) is 6.22. The van der Waals surface area contributed by atoms with Crippen LogP contribution < -0.4 is 3.87 Å². The summed E-state index contributed by atoms with van der Waals surface area (Å²) in [7, 11) is 16.1. The number of halogens is 2. The third-order valence-corrected chi connectivity index (χ3v) is 19.9. The zero-order valence-corrected chi connectivity index (χ0v) is 17.6. The van der Waals surface area contributed by atoms with Crippen molar-refractivity contribution in [1.29, 1.82) is 0 Å². The van der Waals surface area contributed by atoms with Gasteiger partial charge in [0.15, 0.2) is 0 Å². The molecule has 0 fully saturated rings. The van der Waals surface area contributed by atoms with Crippen LogP contribution in [-0.4, -0.2) is 7.11 Å². The summed E-state index contributed by atoms with van der Waals surface area (Å²) in [6, 6.07) is 16.7. The Morgan fingerprint density at radius 2 is 1.50 bits per heavy atom. The Balaban J connectivity index is 2.23. The van der Waals surface area contributed by atoms with Gasteiger partial charge in [-0.15, -0.1) is 0 Å². The quantitative estimate of drug-likeness (QED) is 0.556. The van der Waals surface area contributed by atoms with E-state index in [4.69, 9.17) is 21.9 Å². The fraction of sp³-hybridized carbons (Fsp3) is 0.300. The summed E-state index contributed by atoms with van der Waals surface area (Å²) < 4.78 is 6.61. The van der Waals surface area contributed by atoms with Crippen molar-refractivity contribution in [2.45, 2.75) is 30.4 Å². The van der Waals surface area contributed by atoms with Gasteiger partial charge in [0.1, 0.15) is 0 Å². The number of hydrogen-bond donors (Lipinski definition) is 0. The molecule has 1 nitrogen and oxygen atoms in total. The number of benzene rings is 2. The fourth-order valence-electron chi connectivity index (χ4n) is 3.49. The van der Waals surface area contributed by atoms with E-state index in [1.165, 1.54) is 11.1 Å². The van der Waals surface area contributed by atoms with E-state index in [0.29, 0.717) is 0 Å². The molecule has 0 spiro atoms. The summed E-state index contributed by atoms with van der Waals surface area (Å²) in [4.78, 5) is 0. The molecular formula is C20H23Cl2OTi. The van der Waals surface area contributed by atoms with E-state index in [0.717, 1.165) is 9.43 Å². The van der Waals surface area contributed by atoms with E-state index in [9.17, 15) is 0 Å². The molecule has 24 heavy (non-hydrogen) atoms. The van der Waals surface area contributed by atoms with Crippen LogP contribution in [0.1, 0.15) is 43.4 Å². The molecule has 1 atom stereocenters. The minimum atomic E-state index is -4.44. The summed E-state index contributed by atoms with van der Waals surface area (Å²) in [6.07, 6.45) is 4.40. The molecule has 1 aliphatic rings. The molecule has 0 saturated heterocycles. The van der Waals surface area contributed by atoms with Crippen molar-refractivity contribution < 1.29 is 16.9 Å². The third kappa shape index (κ3) is 2.62. The predicted molar refractivity (Wildman–Crippen MR) is 102 cm³/mol. The zero-order chi connectivity index (χ0) is 17.6. The van der Waals surface area contributed by atoms with Crippen molar-refractivity contribution in [1.82, 2.24) is 0 Å². The maximum absolute atomic E-state index is 7.20. The van der Waals surface area contributed by atoms with Crippen molar-refractivity contribution in [3.63, 3.8) is 0 Å². The van der Waals surface area contributed by atoms with Crippen LogP contribution in [0.4, 0.5) is 0 Å². The van der Waals surface area contributed by atoms with Crippen LogP contribution >= 0.6 is 18.6 Å². The fourth-order valence-corrected chi connectivity index (χ4v) is 9.18. The Labute approximate surface area is 153 Å². The standard InChI is InChI=1S/C15H11.C4H9.CH3O.2ClH.Ti/c1-2-6-12(7-3-1)15-11-10-13-8-4-5-9-14(13)15;1-4(2)3;1-2;;;/h1-6,8-11,15H;1-3H3;1H3;2*1H;/q;;-1;;;+3/p-2. The van der Waals surface area contributed by atoms with Crippen LogP contribution in [0.25, 0.3) is 6.08 Å². The van der Waals surface area contributed by atoms with Gasteiger partial charge >= 0.3 is 154 Å². The van der Waals surface area contributed by atoms with E-state index >= 15 is 0 Å². The molecule has 127 valence electrons. The molecule has 0 heterocycles. The van der Waals surface area contributed by atoms with Crippen LogP contribution in [0.5, 0.6) is 0 Å². The minimum absolute atomic E-state index is 0.162.